The maximum absolute atomic E-state index is 12.3. The molecule has 1 N–H and O–H groups in total. The molecule has 1 aromatic carbocycles. The zero-order chi connectivity index (χ0) is 20.6. The summed E-state index contributed by atoms with van der Waals surface area (Å²) in [4.78, 5) is 21.3. The van der Waals surface area contributed by atoms with E-state index in [9.17, 15) is 4.79 Å². The highest BCUT2D eigenvalue weighted by molar-refractivity contribution is 5.81. The second-order valence-corrected chi connectivity index (χ2v) is 7.50. The summed E-state index contributed by atoms with van der Waals surface area (Å²) in [6, 6.07) is 7.96. The predicted octanol–water partition coefficient (Wildman–Crippen LogP) is 1.70. The maximum Gasteiger partial charge on any atom is 0.241 e. The van der Waals surface area contributed by atoms with Crippen molar-refractivity contribution in [2.75, 3.05) is 46.4 Å². The number of carbonyl (C=O) groups is 1. The first-order chi connectivity index (χ1) is 14.1. The first-order valence-electron chi connectivity index (χ1n) is 10.2. The van der Waals surface area contributed by atoms with Gasteiger partial charge in [0.25, 0.3) is 0 Å². The van der Waals surface area contributed by atoms with Crippen molar-refractivity contribution in [1.29, 1.82) is 0 Å². The molecule has 1 fully saturated rings. The van der Waals surface area contributed by atoms with Gasteiger partial charge in [-0.2, -0.15) is 4.98 Å². The Kier molecular flexibility index (Phi) is 7.74. The number of aryl methyl sites for hydroxylation is 1. The molecule has 0 bridgehead atoms. The first-order valence-corrected chi connectivity index (χ1v) is 10.2. The lowest BCUT2D eigenvalue weighted by molar-refractivity contribution is -0.126. The summed E-state index contributed by atoms with van der Waals surface area (Å²) in [5.41, 5.74) is 2.16. The quantitative estimate of drug-likeness (QED) is 0.640. The SMILES string of the molecule is COCCCNC(=O)C(C)N1CCN(Cc2nc(-c3ccc(C)cc3)no2)CC1. The van der Waals surface area contributed by atoms with E-state index in [0.29, 0.717) is 31.4 Å². The van der Waals surface area contributed by atoms with Crippen LogP contribution in [0.5, 0.6) is 0 Å². The summed E-state index contributed by atoms with van der Waals surface area (Å²) >= 11 is 0. The number of amides is 1. The zero-order valence-electron chi connectivity index (χ0n) is 17.6. The number of rotatable bonds is 9. The minimum atomic E-state index is -0.128. The first kappa shape index (κ1) is 21.4. The average molecular weight is 402 g/mol. The van der Waals surface area contributed by atoms with Crippen LogP contribution in [0.25, 0.3) is 11.4 Å². The van der Waals surface area contributed by atoms with Crippen LogP contribution in [-0.4, -0.2) is 78.3 Å². The molecule has 1 aliphatic rings. The lowest BCUT2D eigenvalue weighted by Crippen LogP contribution is -2.53. The second-order valence-electron chi connectivity index (χ2n) is 7.50. The third-order valence-corrected chi connectivity index (χ3v) is 5.30. The Hall–Kier alpha value is -2.29. The molecular weight excluding hydrogens is 370 g/mol. The molecule has 0 spiro atoms. The van der Waals surface area contributed by atoms with Gasteiger partial charge in [-0.15, -0.1) is 0 Å². The van der Waals surface area contributed by atoms with Crippen molar-refractivity contribution in [2.45, 2.75) is 32.9 Å². The fourth-order valence-electron chi connectivity index (χ4n) is 3.38. The summed E-state index contributed by atoms with van der Waals surface area (Å²) in [6.07, 6.45) is 0.831. The molecule has 8 heteroatoms. The number of nitrogens with one attached hydrogen (secondary N) is 1. The van der Waals surface area contributed by atoms with E-state index in [4.69, 9.17) is 9.26 Å². The van der Waals surface area contributed by atoms with Crippen LogP contribution in [0.15, 0.2) is 28.8 Å². The van der Waals surface area contributed by atoms with E-state index in [2.05, 4.69) is 32.2 Å². The molecule has 0 saturated carbocycles. The summed E-state index contributed by atoms with van der Waals surface area (Å²) in [7, 11) is 1.67. The van der Waals surface area contributed by atoms with E-state index in [1.165, 1.54) is 5.56 Å². The number of ether oxygens (including phenoxy) is 1. The molecule has 0 radical (unpaired) electrons. The van der Waals surface area contributed by atoms with Gasteiger partial charge >= 0.3 is 0 Å². The molecule has 0 aliphatic carbocycles. The number of hydrogen-bond acceptors (Lipinski definition) is 7. The molecule has 1 saturated heterocycles. The fourth-order valence-corrected chi connectivity index (χ4v) is 3.38. The summed E-state index contributed by atoms with van der Waals surface area (Å²) in [6.45, 7) is 9.37. The van der Waals surface area contributed by atoms with Gasteiger partial charge in [0.15, 0.2) is 0 Å². The minimum Gasteiger partial charge on any atom is -0.385 e. The normalized spacial score (nSPS) is 16.7. The van der Waals surface area contributed by atoms with Crippen LogP contribution in [0.4, 0.5) is 0 Å². The maximum atomic E-state index is 12.3. The monoisotopic (exact) mass is 401 g/mol. The predicted molar refractivity (Wildman–Crippen MR) is 110 cm³/mol. The van der Waals surface area contributed by atoms with Crippen molar-refractivity contribution in [3.05, 3.63) is 35.7 Å². The molecule has 2 aromatic rings. The van der Waals surface area contributed by atoms with Crippen LogP contribution >= 0.6 is 0 Å². The Morgan fingerprint density at radius 1 is 1.24 bits per heavy atom. The third-order valence-electron chi connectivity index (χ3n) is 5.30. The minimum absolute atomic E-state index is 0.0780. The largest absolute Gasteiger partial charge is 0.385 e. The van der Waals surface area contributed by atoms with Gasteiger partial charge < -0.3 is 14.6 Å². The number of hydrogen-bond donors (Lipinski definition) is 1. The Labute approximate surface area is 172 Å². The number of piperazine rings is 1. The fraction of sp³-hybridized carbons (Fsp3) is 0.571. The van der Waals surface area contributed by atoms with E-state index < -0.39 is 0 Å². The van der Waals surface area contributed by atoms with Crippen LogP contribution in [-0.2, 0) is 16.1 Å². The highest BCUT2D eigenvalue weighted by Crippen LogP contribution is 2.17. The smallest absolute Gasteiger partial charge is 0.241 e. The molecule has 1 aliphatic heterocycles. The number of carbonyl (C=O) groups excluding carboxylic acids is 1. The van der Waals surface area contributed by atoms with E-state index >= 15 is 0 Å². The number of methoxy groups -OCH3 is 1. The van der Waals surface area contributed by atoms with Crippen molar-refractivity contribution in [3.63, 3.8) is 0 Å². The van der Waals surface area contributed by atoms with Gasteiger partial charge in [-0.05, 0) is 20.3 Å². The molecule has 2 heterocycles. The molecular formula is C21H31N5O3. The Balaban J connectivity index is 1.44. The van der Waals surface area contributed by atoms with E-state index in [1.807, 2.05) is 31.2 Å². The van der Waals surface area contributed by atoms with Gasteiger partial charge in [0.05, 0.1) is 12.6 Å². The average Bonchev–Trinajstić information content (AvgIpc) is 3.20. The van der Waals surface area contributed by atoms with Crippen molar-refractivity contribution < 1.29 is 14.1 Å². The van der Waals surface area contributed by atoms with Gasteiger partial charge in [-0.25, -0.2) is 0 Å². The van der Waals surface area contributed by atoms with Gasteiger partial charge in [-0.1, -0.05) is 35.0 Å². The second kappa shape index (κ2) is 10.5. The van der Waals surface area contributed by atoms with E-state index in [-0.39, 0.29) is 11.9 Å². The Morgan fingerprint density at radius 2 is 1.97 bits per heavy atom. The summed E-state index contributed by atoms with van der Waals surface area (Å²) in [5, 5.41) is 7.08. The molecule has 1 unspecified atom stereocenters. The highest BCUT2D eigenvalue weighted by atomic mass is 16.5. The van der Waals surface area contributed by atoms with E-state index in [1.54, 1.807) is 7.11 Å². The zero-order valence-corrected chi connectivity index (χ0v) is 17.6. The van der Waals surface area contributed by atoms with Crippen LogP contribution in [0.1, 0.15) is 24.8 Å². The van der Waals surface area contributed by atoms with Crippen molar-refractivity contribution in [2.24, 2.45) is 0 Å². The van der Waals surface area contributed by atoms with Crippen LogP contribution in [0, 0.1) is 6.92 Å². The van der Waals surface area contributed by atoms with Crippen LogP contribution in [0.3, 0.4) is 0 Å². The van der Waals surface area contributed by atoms with Gasteiger partial charge in [0.1, 0.15) is 0 Å². The molecule has 8 nitrogen and oxygen atoms in total. The van der Waals surface area contributed by atoms with Gasteiger partial charge in [-0.3, -0.25) is 14.6 Å². The third kappa shape index (κ3) is 6.09. The Bertz CT molecular complexity index is 769. The van der Waals surface area contributed by atoms with E-state index in [0.717, 1.165) is 38.2 Å². The number of aromatic nitrogens is 2. The van der Waals surface area contributed by atoms with Gasteiger partial charge in [0.2, 0.25) is 17.6 Å². The van der Waals surface area contributed by atoms with Crippen molar-refractivity contribution >= 4 is 5.91 Å². The molecule has 1 aromatic heterocycles. The molecule has 3 rings (SSSR count). The lowest BCUT2D eigenvalue weighted by Gasteiger charge is -2.36. The number of nitrogens with zero attached hydrogens (tertiary/aromatic N) is 4. The van der Waals surface area contributed by atoms with Gasteiger partial charge in [0, 0.05) is 52.0 Å². The van der Waals surface area contributed by atoms with Crippen LogP contribution in [0.2, 0.25) is 0 Å². The summed E-state index contributed by atoms with van der Waals surface area (Å²) in [5.74, 6) is 1.32. The van der Waals surface area contributed by atoms with Crippen molar-refractivity contribution in [1.82, 2.24) is 25.3 Å². The topological polar surface area (TPSA) is 83.7 Å². The molecule has 1 amide bonds. The standard InChI is InChI=1S/C21H31N5O3/c1-16-5-7-18(8-6-16)20-23-19(29-24-20)15-25-10-12-26(13-11-25)17(2)21(27)22-9-4-14-28-3/h5-8,17H,4,9-15H2,1-3H3,(H,22,27). The summed E-state index contributed by atoms with van der Waals surface area (Å²) < 4.78 is 10.4. The van der Waals surface area contributed by atoms with Crippen LogP contribution < -0.4 is 5.32 Å². The Morgan fingerprint density at radius 3 is 2.66 bits per heavy atom. The molecule has 158 valence electrons. The van der Waals surface area contributed by atoms with Crippen molar-refractivity contribution in [3.8, 4) is 11.4 Å². The number of benzene rings is 1. The molecule has 29 heavy (non-hydrogen) atoms. The highest BCUT2D eigenvalue weighted by Gasteiger charge is 2.26. The molecule has 1 atom stereocenters. The lowest BCUT2D eigenvalue weighted by atomic mass is 10.1.